The molecule has 0 aromatic heterocycles. The molecule has 0 atom stereocenters. The molecule has 0 spiro atoms. The molecule has 2 aromatic carbocycles. The third kappa shape index (κ3) is 12.1. The molecule has 0 saturated heterocycles. The van der Waals surface area contributed by atoms with Gasteiger partial charge in [-0.15, -0.1) is 0 Å². The zero-order valence-corrected chi connectivity index (χ0v) is 20.7. The molecule has 0 saturated carbocycles. The lowest BCUT2D eigenvalue weighted by atomic mass is 10.0. The first-order chi connectivity index (χ1) is 15.8. The number of ether oxygens (including phenoxy) is 1. The van der Waals surface area contributed by atoms with Crippen LogP contribution in [-0.4, -0.2) is 13.3 Å². The highest BCUT2D eigenvalue weighted by molar-refractivity contribution is 5.82. The second-order valence-electron chi connectivity index (χ2n) is 9.04. The summed E-state index contributed by atoms with van der Waals surface area (Å²) >= 11 is 0. The van der Waals surface area contributed by atoms with Crippen LogP contribution in [0.25, 0.3) is 0 Å². The summed E-state index contributed by atoms with van der Waals surface area (Å²) in [5.74, 6) is 0.870. The maximum atomic E-state index is 5.19. The number of benzene rings is 2. The molecule has 0 fully saturated rings. The average molecular weight is 436 g/mol. The van der Waals surface area contributed by atoms with Crippen molar-refractivity contribution in [2.75, 3.05) is 7.11 Å². The van der Waals surface area contributed by atoms with Gasteiger partial charge in [-0.05, 0) is 60.4 Å². The lowest BCUT2D eigenvalue weighted by Gasteiger charge is -2.04. The van der Waals surface area contributed by atoms with Crippen LogP contribution in [0.4, 0.5) is 5.69 Å². The lowest BCUT2D eigenvalue weighted by molar-refractivity contribution is 0.415. The molecule has 2 nitrogen and oxygen atoms in total. The predicted octanol–water partition coefficient (Wildman–Crippen LogP) is 9.47. The summed E-state index contributed by atoms with van der Waals surface area (Å²) in [6, 6.07) is 16.7. The van der Waals surface area contributed by atoms with Crippen LogP contribution in [0.3, 0.4) is 0 Å². The SMILES string of the molecule is CCCCCCCCCCCCCCCCc1ccc(N=Cc2ccc(OC)cc2)cc1. The van der Waals surface area contributed by atoms with E-state index >= 15 is 0 Å². The third-order valence-electron chi connectivity index (χ3n) is 6.23. The Hall–Kier alpha value is -2.09. The van der Waals surface area contributed by atoms with Gasteiger partial charge in [-0.1, -0.05) is 103 Å². The van der Waals surface area contributed by atoms with Gasteiger partial charge in [0.05, 0.1) is 12.8 Å². The Morgan fingerprint density at radius 2 is 1.12 bits per heavy atom. The third-order valence-corrected chi connectivity index (χ3v) is 6.23. The van der Waals surface area contributed by atoms with Crippen molar-refractivity contribution in [1.82, 2.24) is 0 Å². The average Bonchev–Trinajstić information content (AvgIpc) is 2.84. The summed E-state index contributed by atoms with van der Waals surface area (Å²) in [5.41, 5.74) is 3.51. The van der Waals surface area contributed by atoms with E-state index in [4.69, 9.17) is 4.74 Å². The van der Waals surface area contributed by atoms with Gasteiger partial charge in [-0.3, -0.25) is 4.99 Å². The summed E-state index contributed by atoms with van der Waals surface area (Å²) < 4.78 is 5.19. The van der Waals surface area contributed by atoms with Crippen LogP contribution in [0, 0.1) is 0 Å². The molecule has 0 aliphatic carbocycles. The molecule has 2 heteroatoms. The van der Waals surface area contributed by atoms with Crippen molar-refractivity contribution in [3.05, 3.63) is 59.7 Å². The Morgan fingerprint density at radius 1 is 0.625 bits per heavy atom. The van der Waals surface area contributed by atoms with Crippen molar-refractivity contribution < 1.29 is 4.74 Å². The lowest BCUT2D eigenvalue weighted by Crippen LogP contribution is -1.87. The van der Waals surface area contributed by atoms with Crippen molar-refractivity contribution in [2.45, 2.75) is 103 Å². The second-order valence-corrected chi connectivity index (χ2v) is 9.04. The van der Waals surface area contributed by atoms with E-state index in [2.05, 4.69) is 36.2 Å². The molecule has 0 amide bonds. The number of nitrogens with zero attached hydrogens (tertiary/aromatic N) is 1. The number of hydrogen-bond acceptors (Lipinski definition) is 2. The molecule has 0 N–H and O–H groups in total. The molecule has 2 aromatic rings. The molecule has 176 valence electrons. The van der Waals surface area contributed by atoms with Gasteiger partial charge < -0.3 is 4.74 Å². The highest BCUT2D eigenvalue weighted by atomic mass is 16.5. The number of aryl methyl sites for hydroxylation is 1. The van der Waals surface area contributed by atoms with Gasteiger partial charge in [0.2, 0.25) is 0 Å². The summed E-state index contributed by atoms with van der Waals surface area (Å²) in [6.07, 6.45) is 22.9. The van der Waals surface area contributed by atoms with Crippen LogP contribution >= 0.6 is 0 Å². The molecule has 32 heavy (non-hydrogen) atoms. The van der Waals surface area contributed by atoms with Crippen molar-refractivity contribution in [2.24, 2.45) is 4.99 Å². The predicted molar refractivity (Wildman–Crippen MR) is 141 cm³/mol. The van der Waals surface area contributed by atoms with E-state index in [1.54, 1.807) is 7.11 Å². The summed E-state index contributed by atoms with van der Waals surface area (Å²) in [7, 11) is 1.68. The zero-order chi connectivity index (χ0) is 22.7. The van der Waals surface area contributed by atoms with E-state index in [9.17, 15) is 0 Å². The summed E-state index contributed by atoms with van der Waals surface area (Å²) in [5, 5.41) is 0. The van der Waals surface area contributed by atoms with Gasteiger partial charge in [0, 0.05) is 6.21 Å². The minimum absolute atomic E-state index is 0.870. The van der Waals surface area contributed by atoms with Crippen LogP contribution in [0.5, 0.6) is 5.75 Å². The van der Waals surface area contributed by atoms with Gasteiger partial charge in [0.25, 0.3) is 0 Å². The fraction of sp³-hybridized carbons (Fsp3) is 0.567. The zero-order valence-electron chi connectivity index (χ0n) is 20.7. The number of methoxy groups -OCH3 is 1. The Kier molecular flexibility index (Phi) is 14.3. The molecule has 0 radical (unpaired) electrons. The minimum atomic E-state index is 0.870. The van der Waals surface area contributed by atoms with Crippen molar-refractivity contribution >= 4 is 11.9 Å². The highest BCUT2D eigenvalue weighted by Gasteiger charge is 1.97. The van der Waals surface area contributed by atoms with Gasteiger partial charge in [0.1, 0.15) is 5.75 Å². The number of hydrogen-bond donors (Lipinski definition) is 0. The normalized spacial score (nSPS) is 11.3. The first-order valence-corrected chi connectivity index (χ1v) is 13.1. The van der Waals surface area contributed by atoms with Gasteiger partial charge in [-0.25, -0.2) is 0 Å². The topological polar surface area (TPSA) is 21.6 Å². The van der Waals surface area contributed by atoms with Gasteiger partial charge >= 0.3 is 0 Å². The second kappa shape index (κ2) is 17.5. The van der Waals surface area contributed by atoms with Crippen molar-refractivity contribution in [3.8, 4) is 5.75 Å². The highest BCUT2D eigenvalue weighted by Crippen LogP contribution is 2.17. The largest absolute Gasteiger partial charge is 0.497 e. The van der Waals surface area contributed by atoms with E-state index < -0.39 is 0 Å². The Balaban J connectivity index is 1.47. The number of unbranched alkanes of at least 4 members (excludes halogenated alkanes) is 13. The Bertz CT molecular complexity index is 718. The van der Waals surface area contributed by atoms with Crippen LogP contribution in [0.1, 0.15) is 108 Å². The van der Waals surface area contributed by atoms with Crippen LogP contribution in [0.15, 0.2) is 53.5 Å². The molecular formula is C30H45NO. The number of rotatable bonds is 18. The maximum absolute atomic E-state index is 5.19. The number of aliphatic imine (C=N–C) groups is 1. The fourth-order valence-corrected chi connectivity index (χ4v) is 4.11. The Labute approximate surface area is 197 Å². The quantitative estimate of drug-likeness (QED) is 0.169. The maximum Gasteiger partial charge on any atom is 0.118 e. The van der Waals surface area contributed by atoms with E-state index in [0.717, 1.165) is 17.0 Å². The van der Waals surface area contributed by atoms with E-state index in [0.29, 0.717) is 0 Å². The molecule has 0 aliphatic heterocycles. The van der Waals surface area contributed by atoms with E-state index in [1.165, 1.54) is 102 Å². The summed E-state index contributed by atoms with van der Waals surface area (Å²) in [4.78, 5) is 4.58. The molecule has 2 rings (SSSR count). The van der Waals surface area contributed by atoms with Crippen LogP contribution < -0.4 is 4.74 Å². The van der Waals surface area contributed by atoms with Gasteiger partial charge in [-0.2, -0.15) is 0 Å². The molecule has 0 aliphatic rings. The smallest absolute Gasteiger partial charge is 0.118 e. The van der Waals surface area contributed by atoms with E-state index in [-0.39, 0.29) is 0 Å². The standard InChI is InChI=1S/C30H45NO/c1-3-4-5-6-7-8-9-10-11-12-13-14-15-16-17-27-18-22-29(23-19-27)31-26-28-20-24-30(32-2)25-21-28/h18-26H,3-17H2,1-2H3. The first-order valence-electron chi connectivity index (χ1n) is 13.1. The molecule has 0 heterocycles. The Morgan fingerprint density at radius 3 is 1.62 bits per heavy atom. The van der Waals surface area contributed by atoms with Crippen molar-refractivity contribution in [3.63, 3.8) is 0 Å². The van der Waals surface area contributed by atoms with Crippen LogP contribution in [-0.2, 0) is 6.42 Å². The fourth-order valence-electron chi connectivity index (χ4n) is 4.11. The molecular weight excluding hydrogens is 390 g/mol. The first kappa shape index (κ1) is 26.2. The van der Waals surface area contributed by atoms with E-state index in [1.807, 2.05) is 30.5 Å². The minimum Gasteiger partial charge on any atom is -0.497 e. The molecule has 0 unspecified atom stereocenters. The van der Waals surface area contributed by atoms with Gasteiger partial charge in [0.15, 0.2) is 0 Å². The summed E-state index contributed by atoms with van der Waals surface area (Å²) in [6.45, 7) is 2.29. The van der Waals surface area contributed by atoms with Crippen LogP contribution in [0.2, 0.25) is 0 Å². The monoisotopic (exact) mass is 435 g/mol. The molecule has 0 bridgehead atoms. The van der Waals surface area contributed by atoms with Crippen molar-refractivity contribution in [1.29, 1.82) is 0 Å².